The fourth-order valence-corrected chi connectivity index (χ4v) is 4.93. The van der Waals surface area contributed by atoms with E-state index < -0.39 is 5.60 Å². The number of rotatable bonds is 5. The first-order chi connectivity index (χ1) is 15.5. The number of hydrogen-bond donors (Lipinski definition) is 1. The Hall–Kier alpha value is -2.29. The van der Waals surface area contributed by atoms with Crippen LogP contribution in [0.2, 0.25) is 0 Å². The maximum atomic E-state index is 12.0. The average Bonchev–Trinajstić information content (AvgIpc) is 2.93. The number of alkyl carbamates (subject to hydrolysis) is 1. The van der Waals surface area contributed by atoms with Gasteiger partial charge in [0, 0.05) is 12.0 Å². The number of benzene rings is 2. The van der Waals surface area contributed by atoms with Crippen LogP contribution < -0.4 is 5.32 Å². The number of fused-ring (bicyclic) bond motifs is 3. The van der Waals surface area contributed by atoms with Crippen LogP contribution in [0.3, 0.4) is 0 Å². The summed E-state index contributed by atoms with van der Waals surface area (Å²) in [6, 6.07) is 14.2. The van der Waals surface area contributed by atoms with E-state index in [1.54, 1.807) is 0 Å². The molecule has 0 bridgehead atoms. The Morgan fingerprint density at radius 2 is 1.26 bits per heavy atom. The number of amides is 1. The largest absolute Gasteiger partial charge is 0.444 e. The van der Waals surface area contributed by atoms with Crippen molar-refractivity contribution in [1.29, 1.82) is 0 Å². The summed E-state index contributed by atoms with van der Waals surface area (Å²) >= 11 is 0. The van der Waals surface area contributed by atoms with Crippen molar-refractivity contribution in [1.82, 2.24) is 5.32 Å². The molecule has 0 spiro atoms. The van der Waals surface area contributed by atoms with Crippen LogP contribution in [0.15, 0.2) is 36.4 Å². The Morgan fingerprint density at radius 1 is 0.794 bits per heavy atom. The molecular weight excluding hydrogens is 418 g/mol. The summed E-state index contributed by atoms with van der Waals surface area (Å²) in [5, 5.41) is 2.91. The lowest BCUT2D eigenvalue weighted by molar-refractivity contribution is 0.0527. The molecule has 0 heterocycles. The molecule has 1 aliphatic carbocycles. The van der Waals surface area contributed by atoms with E-state index in [-0.39, 0.29) is 22.3 Å². The van der Waals surface area contributed by atoms with Gasteiger partial charge in [0.2, 0.25) is 0 Å². The zero-order chi connectivity index (χ0) is 25.5. The highest BCUT2D eigenvalue weighted by atomic mass is 16.6. The Morgan fingerprint density at radius 3 is 1.68 bits per heavy atom. The van der Waals surface area contributed by atoms with E-state index >= 15 is 0 Å². The molecule has 0 saturated heterocycles. The van der Waals surface area contributed by atoms with E-state index in [4.69, 9.17) is 4.74 Å². The van der Waals surface area contributed by atoms with E-state index in [1.807, 2.05) is 20.8 Å². The Labute approximate surface area is 207 Å². The van der Waals surface area contributed by atoms with Gasteiger partial charge in [-0.1, -0.05) is 91.3 Å². The van der Waals surface area contributed by atoms with Gasteiger partial charge in [0.15, 0.2) is 0 Å². The third-order valence-electron chi connectivity index (χ3n) is 7.02. The van der Waals surface area contributed by atoms with Crippen LogP contribution in [0.5, 0.6) is 0 Å². The number of hydrogen-bond acceptors (Lipinski definition) is 2. The van der Waals surface area contributed by atoms with Crippen LogP contribution in [0.25, 0.3) is 11.1 Å². The molecule has 3 nitrogen and oxygen atoms in total. The van der Waals surface area contributed by atoms with E-state index in [0.29, 0.717) is 6.54 Å². The molecule has 1 aliphatic rings. The molecule has 0 atom stereocenters. The van der Waals surface area contributed by atoms with Gasteiger partial charge in [0.05, 0.1) is 0 Å². The lowest BCUT2D eigenvalue weighted by atomic mass is 9.73. The van der Waals surface area contributed by atoms with Gasteiger partial charge in [0.1, 0.15) is 5.60 Å². The fourth-order valence-electron chi connectivity index (χ4n) is 4.93. The average molecular weight is 464 g/mol. The molecule has 3 heteroatoms. The molecule has 0 unspecified atom stereocenters. The highest BCUT2D eigenvalue weighted by Crippen LogP contribution is 2.53. The van der Waals surface area contributed by atoms with Gasteiger partial charge in [-0.2, -0.15) is 0 Å². The minimum Gasteiger partial charge on any atom is -0.444 e. The number of ether oxygens (including phenoxy) is 1. The summed E-state index contributed by atoms with van der Waals surface area (Å²) in [4.78, 5) is 12.0. The molecule has 34 heavy (non-hydrogen) atoms. The molecule has 2 aromatic carbocycles. The smallest absolute Gasteiger partial charge is 0.407 e. The maximum Gasteiger partial charge on any atom is 0.407 e. The molecule has 0 aliphatic heterocycles. The van der Waals surface area contributed by atoms with E-state index in [0.717, 1.165) is 19.3 Å². The van der Waals surface area contributed by atoms with Gasteiger partial charge in [-0.05, 0) is 77.8 Å². The minimum atomic E-state index is -0.468. The monoisotopic (exact) mass is 463 g/mol. The zero-order valence-corrected chi connectivity index (χ0v) is 23.1. The third kappa shape index (κ3) is 5.67. The topological polar surface area (TPSA) is 38.3 Å². The van der Waals surface area contributed by atoms with Crippen molar-refractivity contribution in [2.45, 2.75) is 110 Å². The van der Waals surface area contributed by atoms with E-state index in [1.165, 1.54) is 33.4 Å². The first-order valence-electron chi connectivity index (χ1n) is 12.8. The molecule has 2 aromatic rings. The molecule has 0 aromatic heterocycles. The number of carbonyl (C=O) groups is 1. The van der Waals surface area contributed by atoms with E-state index in [2.05, 4.69) is 90.2 Å². The number of unbranched alkanes of at least 4 members (excludes halogenated alkanes) is 1. The highest BCUT2D eigenvalue weighted by molar-refractivity contribution is 5.81. The van der Waals surface area contributed by atoms with Crippen LogP contribution >= 0.6 is 0 Å². The first-order valence-corrected chi connectivity index (χ1v) is 12.8. The SMILES string of the molecule is CC(C)(C)OC(=O)NCCCCC1(C)c2cc(C(C)(C)C)ccc2-c2ccc(C(C)(C)C)cc21. The second kappa shape index (κ2) is 9.06. The van der Waals surface area contributed by atoms with Crippen LogP contribution in [-0.4, -0.2) is 18.2 Å². The summed E-state index contributed by atoms with van der Waals surface area (Å²) < 4.78 is 5.37. The number of nitrogens with one attached hydrogen (secondary N) is 1. The third-order valence-corrected chi connectivity index (χ3v) is 7.02. The zero-order valence-electron chi connectivity index (χ0n) is 23.1. The van der Waals surface area contributed by atoms with Crippen LogP contribution in [0.1, 0.15) is 111 Å². The van der Waals surface area contributed by atoms with Gasteiger partial charge in [-0.25, -0.2) is 4.79 Å². The lowest BCUT2D eigenvalue weighted by Crippen LogP contribution is -2.33. The summed E-state index contributed by atoms with van der Waals surface area (Å²) in [5.41, 5.74) is 8.11. The second-order valence-electron chi connectivity index (χ2n) is 13.2. The van der Waals surface area contributed by atoms with E-state index in [9.17, 15) is 4.79 Å². The van der Waals surface area contributed by atoms with Gasteiger partial charge in [-0.3, -0.25) is 0 Å². The molecule has 1 amide bonds. The van der Waals surface area contributed by atoms with Crippen molar-refractivity contribution in [3.05, 3.63) is 58.7 Å². The minimum absolute atomic E-state index is 0.0426. The van der Waals surface area contributed by atoms with Crippen molar-refractivity contribution in [2.75, 3.05) is 6.54 Å². The predicted octanol–water partition coefficient (Wildman–Crippen LogP) is 8.26. The van der Waals surface area contributed by atoms with Gasteiger partial charge < -0.3 is 10.1 Å². The van der Waals surface area contributed by atoms with Crippen molar-refractivity contribution in [3.63, 3.8) is 0 Å². The highest BCUT2D eigenvalue weighted by Gasteiger charge is 2.40. The fraction of sp³-hybridized carbons (Fsp3) is 0.581. The molecular formula is C31H45NO2. The van der Waals surface area contributed by atoms with Crippen molar-refractivity contribution >= 4 is 6.09 Å². The number of carbonyl (C=O) groups excluding carboxylic acids is 1. The maximum absolute atomic E-state index is 12.0. The quantitative estimate of drug-likeness (QED) is 0.453. The summed E-state index contributed by atoms with van der Waals surface area (Å²) in [6.07, 6.45) is 2.67. The summed E-state index contributed by atoms with van der Waals surface area (Å²) in [6.45, 7) is 22.4. The predicted molar refractivity (Wildman–Crippen MR) is 144 cm³/mol. The molecule has 0 saturated carbocycles. The molecule has 0 fully saturated rings. The summed E-state index contributed by atoms with van der Waals surface area (Å²) in [5.74, 6) is 0. The Bertz CT molecular complexity index is 981. The lowest BCUT2D eigenvalue weighted by Gasteiger charge is -2.30. The van der Waals surface area contributed by atoms with Crippen molar-refractivity contribution in [2.24, 2.45) is 0 Å². The Balaban J connectivity index is 1.87. The first kappa shape index (κ1) is 26.3. The van der Waals surface area contributed by atoms with Crippen LogP contribution in [0.4, 0.5) is 4.79 Å². The van der Waals surface area contributed by atoms with Gasteiger partial charge >= 0.3 is 6.09 Å². The molecule has 186 valence electrons. The Kier molecular flexibility index (Phi) is 7.01. The van der Waals surface area contributed by atoms with Gasteiger partial charge in [0.25, 0.3) is 0 Å². The van der Waals surface area contributed by atoms with Crippen molar-refractivity contribution in [3.8, 4) is 11.1 Å². The van der Waals surface area contributed by atoms with Crippen LogP contribution in [-0.2, 0) is 21.0 Å². The summed E-state index contributed by atoms with van der Waals surface area (Å²) in [7, 11) is 0. The molecule has 1 N–H and O–H groups in total. The molecule has 0 radical (unpaired) electrons. The second-order valence-corrected chi connectivity index (χ2v) is 13.2. The normalized spacial score (nSPS) is 15.0. The molecule has 3 rings (SSSR count). The van der Waals surface area contributed by atoms with Gasteiger partial charge in [-0.15, -0.1) is 0 Å². The standard InChI is InChI=1S/C31H45NO2/c1-28(2,3)21-13-15-23-24-16-14-22(29(4,5)6)20-26(24)31(10,25(23)19-21)17-11-12-18-32-27(33)34-30(7,8)9/h13-16,19-20H,11-12,17-18H2,1-10H3,(H,32,33). The van der Waals surface area contributed by atoms with Crippen molar-refractivity contribution < 1.29 is 9.53 Å². The van der Waals surface area contributed by atoms with Crippen LogP contribution in [0, 0.1) is 0 Å².